The number of nitrogens with zero attached hydrogens (tertiary/aromatic N) is 1. The van der Waals surface area contributed by atoms with Crippen LogP contribution in [0.3, 0.4) is 0 Å². The number of carbonyl (C=O) groups is 1. The molecule has 5 heteroatoms. The highest BCUT2D eigenvalue weighted by molar-refractivity contribution is 7.12. The number of nitrogens with two attached hydrogens (primary N) is 1. The topological polar surface area (TPSA) is 46.3 Å². The average Bonchev–Trinajstić information content (AvgIpc) is 3.17. The highest BCUT2D eigenvalue weighted by Gasteiger charge is 2.34. The van der Waals surface area contributed by atoms with E-state index in [0.717, 1.165) is 18.4 Å². The number of halogens is 1. The lowest BCUT2D eigenvalue weighted by molar-refractivity contribution is 0.0735. The van der Waals surface area contributed by atoms with Gasteiger partial charge >= 0.3 is 0 Å². The van der Waals surface area contributed by atoms with Gasteiger partial charge in [-0.3, -0.25) is 4.79 Å². The molecule has 2 aromatic rings. The summed E-state index contributed by atoms with van der Waals surface area (Å²) >= 11 is 1.35. The van der Waals surface area contributed by atoms with E-state index < -0.39 is 0 Å². The summed E-state index contributed by atoms with van der Waals surface area (Å²) in [6.07, 6.45) is 2.01. The van der Waals surface area contributed by atoms with Crippen LogP contribution in [0.25, 0.3) is 0 Å². The van der Waals surface area contributed by atoms with Gasteiger partial charge in [0.1, 0.15) is 10.7 Å². The van der Waals surface area contributed by atoms with Gasteiger partial charge in [-0.25, -0.2) is 4.39 Å². The van der Waals surface area contributed by atoms with Crippen LogP contribution in [-0.4, -0.2) is 16.8 Å². The van der Waals surface area contributed by atoms with Gasteiger partial charge in [0.15, 0.2) is 0 Å². The summed E-state index contributed by atoms with van der Waals surface area (Å²) in [5.41, 5.74) is 7.14. The van der Waals surface area contributed by atoms with Crippen LogP contribution in [0, 0.1) is 5.82 Å². The third-order valence-corrected chi connectivity index (χ3v) is 4.30. The van der Waals surface area contributed by atoms with Gasteiger partial charge in [0.05, 0.1) is 5.69 Å². The van der Waals surface area contributed by atoms with Crippen LogP contribution in [-0.2, 0) is 6.54 Å². The minimum atomic E-state index is -0.277. The lowest BCUT2D eigenvalue weighted by atomic mass is 10.2. The molecule has 1 aromatic heterocycles. The van der Waals surface area contributed by atoms with Crippen molar-refractivity contribution in [1.29, 1.82) is 0 Å². The molecule has 0 aliphatic heterocycles. The summed E-state index contributed by atoms with van der Waals surface area (Å²) in [4.78, 5) is 14.9. The Bertz CT molecular complexity index is 636. The maximum Gasteiger partial charge on any atom is 0.266 e. The molecular formula is C15H15FN2OS. The lowest BCUT2D eigenvalue weighted by Gasteiger charge is -2.22. The highest BCUT2D eigenvalue weighted by Crippen LogP contribution is 2.32. The van der Waals surface area contributed by atoms with E-state index in [2.05, 4.69) is 0 Å². The minimum absolute atomic E-state index is 0.0516. The highest BCUT2D eigenvalue weighted by atomic mass is 32.1. The molecule has 1 aliphatic carbocycles. The molecule has 1 aliphatic rings. The van der Waals surface area contributed by atoms with Crippen LogP contribution in [0.1, 0.15) is 28.1 Å². The third-order valence-electron chi connectivity index (χ3n) is 3.38. The molecule has 0 unspecified atom stereocenters. The minimum Gasteiger partial charge on any atom is -0.397 e. The Morgan fingerprint density at radius 1 is 1.40 bits per heavy atom. The zero-order chi connectivity index (χ0) is 14.1. The summed E-state index contributed by atoms with van der Waals surface area (Å²) < 4.78 is 13.3. The standard InChI is InChI=1S/C15H15FN2OS/c16-11-3-1-2-10(8-11)9-18(12-4-5-12)15(19)14-13(17)6-7-20-14/h1-3,6-8,12H,4-5,9,17H2. The van der Waals surface area contributed by atoms with Gasteiger partial charge in [-0.2, -0.15) is 0 Å². The fourth-order valence-corrected chi connectivity index (χ4v) is 2.98. The number of hydrogen-bond acceptors (Lipinski definition) is 3. The molecule has 0 atom stereocenters. The molecule has 104 valence electrons. The van der Waals surface area contributed by atoms with Crippen molar-refractivity contribution in [3.05, 3.63) is 52.0 Å². The maximum atomic E-state index is 13.3. The van der Waals surface area contributed by atoms with Crippen molar-refractivity contribution in [3.8, 4) is 0 Å². The molecule has 3 rings (SSSR count). The second kappa shape index (κ2) is 5.25. The van der Waals surface area contributed by atoms with Gasteiger partial charge in [0.25, 0.3) is 5.91 Å². The summed E-state index contributed by atoms with van der Waals surface area (Å²) in [5.74, 6) is -0.328. The number of amides is 1. The van der Waals surface area contributed by atoms with E-state index in [0.29, 0.717) is 17.1 Å². The largest absolute Gasteiger partial charge is 0.397 e. The van der Waals surface area contributed by atoms with E-state index in [9.17, 15) is 9.18 Å². The van der Waals surface area contributed by atoms with E-state index in [1.807, 2.05) is 11.4 Å². The third kappa shape index (κ3) is 2.67. The van der Waals surface area contributed by atoms with Crippen molar-refractivity contribution in [2.24, 2.45) is 0 Å². The van der Waals surface area contributed by atoms with Crippen LogP contribution in [0.15, 0.2) is 35.7 Å². The van der Waals surface area contributed by atoms with Crippen molar-refractivity contribution in [3.63, 3.8) is 0 Å². The first kappa shape index (κ1) is 13.1. The first-order valence-electron chi connectivity index (χ1n) is 6.53. The number of nitrogen functional groups attached to an aromatic ring is 1. The molecule has 3 nitrogen and oxygen atoms in total. The molecule has 0 saturated heterocycles. The predicted molar refractivity (Wildman–Crippen MR) is 78.0 cm³/mol. The van der Waals surface area contributed by atoms with Gasteiger partial charge in [-0.05, 0) is 42.0 Å². The van der Waals surface area contributed by atoms with Crippen molar-refractivity contribution in [2.75, 3.05) is 5.73 Å². The normalized spacial score (nSPS) is 14.2. The second-order valence-electron chi connectivity index (χ2n) is 5.00. The van der Waals surface area contributed by atoms with E-state index in [-0.39, 0.29) is 17.8 Å². The second-order valence-corrected chi connectivity index (χ2v) is 5.92. The van der Waals surface area contributed by atoms with Crippen LogP contribution >= 0.6 is 11.3 Å². The van der Waals surface area contributed by atoms with Crippen molar-refractivity contribution in [1.82, 2.24) is 4.90 Å². The van der Waals surface area contributed by atoms with Crippen molar-refractivity contribution >= 4 is 22.9 Å². The molecule has 2 N–H and O–H groups in total. The Balaban J connectivity index is 1.83. The lowest BCUT2D eigenvalue weighted by Crippen LogP contribution is -2.32. The number of carbonyl (C=O) groups excluding carboxylic acids is 1. The molecule has 1 saturated carbocycles. The Hall–Kier alpha value is -1.88. The Kier molecular flexibility index (Phi) is 3.44. The number of thiophene rings is 1. The van der Waals surface area contributed by atoms with Crippen LogP contribution in [0.4, 0.5) is 10.1 Å². The molecule has 0 bridgehead atoms. The van der Waals surface area contributed by atoms with Crippen molar-refractivity contribution in [2.45, 2.75) is 25.4 Å². The Labute approximate surface area is 120 Å². The molecule has 0 spiro atoms. The predicted octanol–water partition coefficient (Wildman–Crippen LogP) is 3.27. The molecule has 1 amide bonds. The fraction of sp³-hybridized carbons (Fsp3) is 0.267. The first-order valence-corrected chi connectivity index (χ1v) is 7.41. The molecule has 20 heavy (non-hydrogen) atoms. The Morgan fingerprint density at radius 2 is 2.20 bits per heavy atom. The molecule has 1 fully saturated rings. The molecule has 1 aromatic carbocycles. The summed E-state index contributed by atoms with van der Waals surface area (Å²) in [7, 11) is 0. The monoisotopic (exact) mass is 290 g/mol. The summed E-state index contributed by atoms with van der Waals surface area (Å²) in [6.45, 7) is 0.429. The molecule has 1 heterocycles. The van der Waals surface area contributed by atoms with E-state index >= 15 is 0 Å². The SMILES string of the molecule is Nc1ccsc1C(=O)N(Cc1cccc(F)c1)C1CC1. The number of anilines is 1. The van der Waals surface area contributed by atoms with E-state index in [4.69, 9.17) is 5.73 Å². The Morgan fingerprint density at radius 3 is 2.80 bits per heavy atom. The van der Waals surface area contributed by atoms with Crippen LogP contribution in [0.2, 0.25) is 0 Å². The van der Waals surface area contributed by atoms with Gasteiger partial charge in [0, 0.05) is 12.6 Å². The maximum absolute atomic E-state index is 13.3. The number of rotatable bonds is 4. The van der Waals surface area contributed by atoms with Gasteiger partial charge in [0.2, 0.25) is 0 Å². The first-order chi connectivity index (χ1) is 9.65. The van der Waals surface area contributed by atoms with E-state index in [1.54, 1.807) is 17.0 Å². The van der Waals surface area contributed by atoms with Crippen LogP contribution < -0.4 is 5.73 Å². The quantitative estimate of drug-likeness (QED) is 0.939. The molecular weight excluding hydrogens is 275 g/mol. The summed E-state index contributed by atoms with van der Waals surface area (Å²) in [5, 5.41) is 1.82. The van der Waals surface area contributed by atoms with Crippen molar-refractivity contribution < 1.29 is 9.18 Å². The zero-order valence-corrected chi connectivity index (χ0v) is 11.7. The fourth-order valence-electron chi connectivity index (χ4n) is 2.21. The zero-order valence-electron chi connectivity index (χ0n) is 10.9. The smallest absolute Gasteiger partial charge is 0.266 e. The van der Waals surface area contributed by atoms with E-state index in [1.165, 1.54) is 23.5 Å². The number of benzene rings is 1. The summed E-state index contributed by atoms with van der Waals surface area (Å²) in [6, 6.07) is 8.38. The van der Waals surface area contributed by atoms with Gasteiger partial charge < -0.3 is 10.6 Å². The average molecular weight is 290 g/mol. The molecule has 0 radical (unpaired) electrons. The van der Waals surface area contributed by atoms with Crippen LogP contribution in [0.5, 0.6) is 0 Å². The van der Waals surface area contributed by atoms with Gasteiger partial charge in [-0.1, -0.05) is 12.1 Å². The van der Waals surface area contributed by atoms with Gasteiger partial charge in [-0.15, -0.1) is 11.3 Å². The number of hydrogen-bond donors (Lipinski definition) is 1.